The van der Waals surface area contributed by atoms with Crippen LogP contribution in [0.1, 0.15) is 0 Å². The van der Waals surface area contributed by atoms with Gasteiger partial charge in [0.05, 0.1) is 6.67 Å². The molecule has 0 aliphatic rings. The molecule has 0 atom stereocenters. The van der Waals surface area contributed by atoms with Crippen LogP contribution in [-0.2, 0) is 0 Å². The monoisotopic (exact) mass is 102 g/mol. The van der Waals surface area contributed by atoms with E-state index >= 15 is 0 Å². The zero-order valence-corrected chi connectivity index (χ0v) is 4.33. The molecular weight excluding hydrogens is 92.1 g/mol. The molecule has 0 radical (unpaired) electrons. The Hall–Kier alpha value is -0.770. The summed E-state index contributed by atoms with van der Waals surface area (Å²) >= 11 is 0. The van der Waals surface area contributed by atoms with Crippen LogP contribution >= 0.6 is 0 Å². The summed E-state index contributed by atoms with van der Waals surface area (Å²) in [4.78, 5) is 0. The van der Waals surface area contributed by atoms with Gasteiger partial charge < -0.3 is 11.5 Å². The van der Waals surface area contributed by atoms with Gasteiger partial charge in [0, 0.05) is 7.05 Å². The van der Waals surface area contributed by atoms with Crippen LogP contribution in [0.5, 0.6) is 0 Å². The van der Waals surface area contributed by atoms with Gasteiger partial charge in [0.15, 0.2) is 0 Å². The van der Waals surface area contributed by atoms with Crippen LogP contribution in [0.4, 0.5) is 0 Å². The molecule has 42 valence electrons. The van der Waals surface area contributed by atoms with Crippen molar-refractivity contribution < 1.29 is 0 Å². The highest BCUT2D eigenvalue weighted by atomic mass is 15.5. The van der Waals surface area contributed by atoms with Gasteiger partial charge in [0.25, 0.3) is 0 Å². The fraction of sp³-hybridized carbons (Fsp3) is 0.667. The molecule has 4 heteroatoms. The Morgan fingerprint density at radius 3 is 2.57 bits per heavy atom. The molecule has 0 saturated heterocycles. The quantitative estimate of drug-likeness (QED) is 0.198. The van der Waals surface area contributed by atoms with E-state index < -0.39 is 0 Å². The number of rotatable bonds is 2. The number of hydrazone groups is 1. The maximum Gasteiger partial charge on any atom is 0.106 e. The minimum atomic E-state index is 0.397. The van der Waals surface area contributed by atoms with Crippen LogP contribution in [0, 0.1) is 0 Å². The van der Waals surface area contributed by atoms with Crippen LogP contribution in [0.2, 0.25) is 0 Å². The van der Waals surface area contributed by atoms with Gasteiger partial charge in [-0.15, -0.1) is 0 Å². The molecule has 0 bridgehead atoms. The van der Waals surface area contributed by atoms with E-state index in [2.05, 4.69) is 5.10 Å². The van der Waals surface area contributed by atoms with Gasteiger partial charge in [0.1, 0.15) is 6.34 Å². The molecule has 0 saturated carbocycles. The Kier molecular flexibility index (Phi) is 3.04. The zero-order chi connectivity index (χ0) is 5.70. The van der Waals surface area contributed by atoms with Crippen molar-refractivity contribution in [2.45, 2.75) is 0 Å². The lowest BCUT2D eigenvalue weighted by Crippen LogP contribution is -2.20. The summed E-state index contributed by atoms with van der Waals surface area (Å²) in [5.41, 5.74) is 10.0. The third-order valence-electron chi connectivity index (χ3n) is 0.528. The molecule has 0 aliphatic carbocycles. The van der Waals surface area contributed by atoms with Crippen molar-refractivity contribution in [2.24, 2.45) is 16.6 Å². The number of hydrogen-bond acceptors (Lipinski definition) is 3. The van der Waals surface area contributed by atoms with Crippen molar-refractivity contribution in [3.05, 3.63) is 0 Å². The summed E-state index contributed by atoms with van der Waals surface area (Å²) in [6.45, 7) is 0.397. The average Bonchev–Trinajstić information content (AvgIpc) is 1.68. The third kappa shape index (κ3) is 3.05. The molecule has 0 rings (SSSR count). The van der Waals surface area contributed by atoms with Crippen LogP contribution in [0.15, 0.2) is 5.10 Å². The second kappa shape index (κ2) is 3.42. The van der Waals surface area contributed by atoms with Crippen LogP contribution in [0.25, 0.3) is 0 Å². The Morgan fingerprint density at radius 1 is 1.86 bits per heavy atom. The molecule has 7 heavy (non-hydrogen) atoms. The molecule has 0 amide bonds. The first-order valence-electron chi connectivity index (χ1n) is 1.96. The Morgan fingerprint density at radius 2 is 2.43 bits per heavy atom. The second-order valence-corrected chi connectivity index (χ2v) is 1.10. The molecular formula is C3H10N4. The molecule has 4 N–H and O–H groups in total. The summed E-state index contributed by atoms with van der Waals surface area (Å²) in [5, 5.41) is 5.13. The highest BCUT2D eigenvalue weighted by Gasteiger charge is 1.77. The minimum Gasteiger partial charge on any atom is -0.388 e. The average molecular weight is 102 g/mol. The lowest BCUT2D eigenvalue weighted by molar-refractivity contribution is 0.367. The first-order chi connectivity index (χ1) is 3.31. The van der Waals surface area contributed by atoms with Gasteiger partial charge in [-0.1, -0.05) is 0 Å². The van der Waals surface area contributed by atoms with Crippen molar-refractivity contribution in [1.82, 2.24) is 5.01 Å². The van der Waals surface area contributed by atoms with Gasteiger partial charge >= 0.3 is 0 Å². The Labute approximate surface area is 42.8 Å². The van der Waals surface area contributed by atoms with E-state index in [1.807, 2.05) is 0 Å². The van der Waals surface area contributed by atoms with Crippen molar-refractivity contribution in [3.63, 3.8) is 0 Å². The van der Waals surface area contributed by atoms with Crippen LogP contribution in [-0.4, -0.2) is 25.1 Å². The standard InChI is InChI=1S/C3H10N4/c1-7(3-5)6-2-4/h2H,3,5H2,1H3,(H2,4,6). The van der Waals surface area contributed by atoms with Crippen molar-refractivity contribution in [3.8, 4) is 0 Å². The van der Waals surface area contributed by atoms with E-state index in [1.165, 1.54) is 11.3 Å². The van der Waals surface area contributed by atoms with Gasteiger partial charge in [-0.05, 0) is 0 Å². The molecule has 0 heterocycles. The van der Waals surface area contributed by atoms with E-state index in [-0.39, 0.29) is 0 Å². The van der Waals surface area contributed by atoms with Gasteiger partial charge in [0.2, 0.25) is 0 Å². The predicted molar refractivity (Wildman–Crippen MR) is 29.5 cm³/mol. The molecule has 4 nitrogen and oxygen atoms in total. The summed E-state index contributed by atoms with van der Waals surface area (Å²) in [6, 6.07) is 0. The first-order valence-corrected chi connectivity index (χ1v) is 1.96. The van der Waals surface area contributed by atoms with Crippen molar-refractivity contribution in [1.29, 1.82) is 0 Å². The maximum absolute atomic E-state index is 5.11. The largest absolute Gasteiger partial charge is 0.388 e. The van der Waals surface area contributed by atoms with E-state index in [4.69, 9.17) is 11.5 Å². The molecule has 0 spiro atoms. The highest BCUT2D eigenvalue weighted by molar-refractivity contribution is 5.50. The van der Waals surface area contributed by atoms with Crippen molar-refractivity contribution in [2.75, 3.05) is 13.7 Å². The molecule has 0 aromatic carbocycles. The molecule has 0 fully saturated rings. The first kappa shape index (κ1) is 6.23. The molecule has 0 aliphatic heterocycles. The SMILES string of the molecule is CN(CN)/N=C\N. The fourth-order valence-electron chi connectivity index (χ4n) is 0.161. The number of nitrogens with zero attached hydrogens (tertiary/aromatic N) is 2. The molecule has 0 aromatic heterocycles. The number of nitrogens with two attached hydrogens (primary N) is 2. The maximum atomic E-state index is 5.11. The van der Waals surface area contributed by atoms with E-state index in [0.717, 1.165) is 0 Å². The summed E-state index contributed by atoms with van der Waals surface area (Å²) < 4.78 is 0. The van der Waals surface area contributed by atoms with E-state index in [0.29, 0.717) is 6.67 Å². The van der Waals surface area contributed by atoms with Gasteiger partial charge in [-0.25, -0.2) is 0 Å². The van der Waals surface area contributed by atoms with Gasteiger partial charge in [-0.3, -0.25) is 5.01 Å². The third-order valence-corrected chi connectivity index (χ3v) is 0.528. The van der Waals surface area contributed by atoms with E-state index in [1.54, 1.807) is 7.05 Å². The van der Waals surface area contributed by atoms with E-state index in [9.17, 15) is 0 Å². The lowest BCUT2D eigenvalue weighted by atomic mass is 11.0. The summed E-state index contributed by atoms with van der Waals surface area (Å²) in [6.07, 6.45) is 1.20. The fourth-order valence-corrected chi connectivity index (χ4v) is 0.161. The summed E-state index contributed by atoms with van der Waals surface area (Å²) in [5.74, 6) is 0. The Balaban J connectivity index is 3.16. The van der Waals surface area contributed by atoms with Crippen LogP contribution < -0.4 is 11.5 Å². The number of hydrogen-bond donors (Lipinski definition) is 2. The Bertz CT molecular complexity index is 60.0. The smallest absolute Gasteiger partial charge is 0.106 e. The second-order valence-electron chi connectivity index (χ2n) is 1.10. The molecule has 0 unspecified atom stereocenters. The minimum absolute atomic E-state index is 0.397. The summed E-state index contributed by atoms with van der Waals surface area (Å²) in [7, 11) is 1.74. The van der Waals surface area contributed by atoms with Gasteiger partial charge in [-0.2, -0.15) is 5.10 Å². The zero-order valence-electron chi connectivity index (χ0n) is 4.33. The topological polar surface area (TPSA) is 67.6 Å². The van der Waals surface area contributed by atoms with Crippen molar-refractivity contribution >= 4 is 6.34 Å². The molecule has 0 aromatic rings. The lowest BCUT2D eigenvalue weighted by Gasteiger charge is -2.05. The predicted octanol–water partition coefficient (Wildman–Crippen LogP) is -1.26. The normalized spacial score (nSPS) is 10.0. The highest BCUT2D eigenvalue weighted by Crippen LogP contribution is 1.70. The van der Waals surface area contributed by atoms with Crippen LogP contribution in [0.3, 0.4) is 0 Å².